The molecule has 2 aromatic carbocycles. The lowest BCUT2D eigenvalue weighted by atomic mass is 10.3. The molecule has 2 rings (SSSR count). The smallest absolute Gasteiger partial charge is 0.119 e. The molecule has 0 saturated heterocycles. The Bertz CT molecular complexity index is 319. The lowest BCUT2D eigenvalue weighted by Gasteiger charge is -2.01. The molecule has 0 spiro atoms. The van der Waals surface area contributed by atoms with Crippen molar-refractivity contribution in [2.24, 2.45) is 0 Å². The van der Waals surface area contributed by atoms with E-state index in [4.69, 9.17) is 9.84 Å². The van der Waals surface area contributed by atoms with Gasteiger partial charge in [-0.25, -0.2) is 0 Å². The summed E-state index contributed by atoms with van der Waals surface area (Å²) in [5.74, 6) is 0.802. The summed E-state index contributed by atoms with van der Waals surface area (Å²) in [5, 5.41) is 8.40. The molecule has 0 bridgehead atoms. The van der Waals surface area contributed by atoms with Gasteiger partial charge in [0.25, 0.3) is 0 Å². The highest BCUT2D eigenvalue weighted by Gasteiger charge is 1.86. The Morgan fingerprint density at radius 1 is 0.750 bits per heavy atom. The second kappa shape index (κ2) is 8.50. The summed E-state index contributed by atoms with van der Waals surface area (Å²) in [6, 6.07) is 21.4. The molecular weight excluding hydrogens is 200 g/mol. The molecule has 84 valence electrons. The maximum absolute atomic E-state index is 8.40. The quantitative estimate of drug-likeness (QED) is 0.854. The van der Waals surface area contributed by atoms with Gasteiger partial charge in [0.2, 0.25) is 0 Å². The van der Waals surface area contributed by atoms with Gasteiger partial charge < -0.3 is 9.84 Å². The van der Waals surface area contributed by atoms with E-state index in [0.717, 1.165) is 5.75 Å². The monoisotopic (exact) mass is 216 g/mol. The van der Waals surface area contributed by atoms with Crippen LogP contribution in [0.15, 0.2) is 66.7 Å². The van der Waals surface area contributed by atoms with E-state index in [1.807, 2.05) is 66.7 Å². The Morgan fingerprint density at radius 3 is 1.62 bits per heavy atom. The number of rotatable bonds is 3. The van der Waals surface area contributed by atoms with Crippen molar-refractivity contribution >= 4 is 0 Å². The maximum Gasteiger partial charge on any atom is 0.119 e. The topological polar surface area (TPSA) is 29.5 Å². The van der Waals surface area contributed by atoms with Crippen molar-refractivity contribution in [2.75, 3.05) is 13.2 Å². The minimum absolute atomic E-state index is 0.0644. The fourth-order valence-electron chi connectivity index (χ4n) is 1.07. The van der Waals surface area contributed by atoms with Crippen molar-refractivity contribution in [2.45, 2.75) is 0 Å². The molecule has 0 atom stereocenters. The van der Waals surface area contributed by atoms with Crippen LogP contribution in [0.4, 0.5) is 0 Å². The van der Waals surface area contributed by atoms with Crippen LogP contribution >= 0.6 is 0 Å². The molecular formula is C14H16O2. The second-order valence-electron chi connectivity index (χ2n) is 3.04. The molecule has 0 amide bonds. The van der Waals surface area contributed by atoms with Crippen LogP contribution in [0.3, 0.4) is 0 Å². The van der Waals surface area contributed by atoms with E-state index >= 15 is 0 Å². The molecule has 0 heterocycles. The minimum Gasteiger partial charge on any atom is -0.491 e. The van der Waals surface area contributed by atoms with Crippen LogP contribution in [0.25, 0.3) is 0 Å². The van der Waals surface area contributed by atoms with Gasteiger partial charge in [-0.2, -0.15) is 0 Å². The fraction of sp³-hybridized carbons (Fsp3) is 0.143. The van der Waals surface area contributed by atoms with E-state index in [-0.39, 0.29) is 6.61 Å². The minimum atomic E-state index is 0.0644. The lowest BCUT2D eigenvalue weighted by molar-refractivity contribution is 0.201. The van der Waals surface area contributed by atoms with Gasteiger partial charge in [0.1, 0.15) is 12.4 Å². The van der Waals surface area contributed by atoms with Gasteiger partial charge in [0.05, 0.1) is 6.61 Å². The summed E-state index contributed by atoms with van der Waals surface area (Å²) >= 11 is 0. The molecule has 0 saturated carbocycles. The van der Waals surface area contributed by atoms with E-state index in [2.05, 4.69) is 0 Å². The van der Waals surface area contributed by atoms with E-state index in [1.165, 1.54) is 0 Å². The number of aliphatic hydroxyl groups is 1. The van der Waals surface area contributed by atoms with E-state index in [9.17, 15) is 0 Å². The van der Waals surface area contributed by atoms with Crippen LogP contribution < -0.4 is 4.74 Å². The Kier molecular flexibility index (Phi) is 6.52. The van der Waals surface area contributed by atoms with Crippen molar-refractivity contribution in [3.05, 3.63) is 66.7 Å². The summed E-state index contributed by atoms with van der Waals surface area (Å²) in [5.41, 5.74) is 0. The first kappa shape index (κ1) is 12.3. The first-order valence-corrected chi connectivity index (χ1v) is 5.22. The Hall–Kier alpha value is -1.80. The normalized spacial score (nSPS) is 8.81. The predicted molar refractivity (Wildman–Crippen MR) is 65.5 cm³/mol. The van der Waals surface area contributed by atoms with E-state index in [1.54, 1.807) is 0 Å². The zero-order chi connectivity index (χ0) is 11.5. The summed E-state index contributed by atoms with van der Waals surface area (Å²) in [6.45, 7) is 0.429. The van der Waals surface area contributed by atoms with Crippen LogP contribution in [-0.2, 0) is 0 Å². The van der Waals surface area contributed by atoms with Gasteiger partial charge in [0.15, 0.2) is 0 Å². The molecule has 2 heteroatoms. The fourth-order valence-corrected chi connectivity index (χ4v) is 1.07. The van der Waals surface area contributed by atoms with Crippen LogP contribution in [-0.4, -0.2) is 18.3 Å². The van der Waals surface area contributed by atoms with Crippen molar-refractivity contribution in [1.29, 1.82) is 0 Å². The van der Waals surface area contributed by atoms with Crippen molar-refractivity contribution in [1.82, 2.24) is 0 Å². The first-order valence-electron chi connectivity index (χ1n) is 5.22. The maximum atomic E-state index is 8.40. The Morgan fingerprint density at radius 2 is 1.19 bits per heavy atom. The third kappa shape index (κ3) is 5.83. The number of hydrogen-bond donors (Lipinski definition) is 1. The van der Waals surface area contributed by atoms with Gasteiger partial charge in [-0.05, 0) is 12.1 Å². The number of benzene rings is 2. The summed E-state index contributed by atoms with van der Waals surface area (Å²) < 4.78 is 5.11. The van der Waals surface area contributed by atoms with Gasteiger partial charge >= 0.3 is 0 Å². The molecule has 0 aromatic heterocycles. The number of aliphatic hydroxyl groups excluding tert-OH is 1. The van der Waals surface area contributed by atoms with Crippen molar-refractivity contribution < 1.29 is 9.84 Å². The number of hydrogen-bond acceptors (Lipinski definition) is 2. The second-order valence-corrected chi connectivity index (χ2v) is 3.04. The average molecular weight is 216 g/mol. The predicted octanol–water partition coefficient (Wildman–Crippen LogP) is 2.74. The molecule has 0 fully saturated rings. The van der Waals surface area contributed by atoms with Crippen LogP contribution in [0.5, 0.6) is 5.75 Å². The zero-order valence-electron chi connectivity index (χ0n) is 9.12. The van der Waals surface area contributed by atoms with Gasteiger partial charge in [0, 0.05) is 0 Å². The van der Waals surface area contributed by atoms with Gasteiger partial charge in [-0.15, -0.1) is 0 Å². The van der Waals surface area contributed by atoms with Crippen molar-refractivity contribution in [3.63, 3.8) is 0 Å². The molecule has 16 heavy (non-hydrogen) atoms. The van der Waals surface area contributed by atoms with E-state index in [0.29, 0.717) is 6.61 Å². The zero-order valence-corrected chi connectivity index (χ0v) is 9.12. The summed E-state index contributed by atoms with van der Waals surface area (Å²) in [4.78, 5) is 0. The van der Waals surface area contributed by atoms with Crippen LogP contribution in [0.1, 0.15) is 0 Å². The van der Waals surface area contributed by atoms with Crippen LogP contribution in [0.2, 0.25) is 0 Å². The summed E-state index contributed by atoms with van der Waals surface area (Å²) in [7, 11) is 0. The molecule has 2 nitrogen and oxygen atoms in total. The third-order valence-electron chi connectivity index (χ3n) is 1.77. The highest BCUT2D eigenvalue weighted by Crippen LogP contribution is 2.06. The lowest BCUT2D eigenvalue weighted by Crippen LogP contribution is -2.00. The van der Waals surface area contributed by atoms with Crippen molar-refractivity contribution in [3.8, 4) is 5.75 Å². The largest absolute Gasteiger partial charge is 0.491 e. The van der Waals surface area contributed by atoms with E-state index < -0.39 is 0 Å². The van der Waals surface area contributed by atoms with Gasteiger partial charge in [-0.3, -0.25) is 0 Å². The van der Waals surface area contributed by atoms with Crippen LogP contribution in [0, 0.1) is 0 Å². The standard InChI is InChI=1S/C8H10O2.C6H6/c9-6-7-10-8-4-2-1-3-5-8;1-2-4-6-5-3-1/h1-5,9H,6-7H2;1-6H. The molecule has 1 N–H and O–H groups in total. The number of para-hydroxylation sites is 1. The first-order chi connectivity index (χ1) is 7.93. The Balaban J connectivity index is 0.000000181. The molecule has 2 aromatic rings. The molecule has 0 aliphatic rings. The third-order valence-corrected chi connectivity index (χ3v) is 1.77. The molecule has 0 aliphatic carbocycles. The average Bonchev–Trinajstić information content (AvgIpc) is 2.40. The molecule has 0 aliphatic heterocycles. The Labute approximate surface area is 96.1 Å². The highest BCUT2D eigenvalue weighted by molar-refractivity contribution is 5.20. The molecule has 0 radical (unpaired) electrons. The summed E-state index contributed by atoms with van der Waals surface area (Å²) in [6.07, 6.45) is 0. The highest BCUT2D eigenvalue weighted by atomic mass is 16.5. The van der Waals surface area contributed by atoms with Gasteiger partial charge in [-0.1, -0.05) is 54.6 Å². The molecule has 0 unspecified atom stereocenters. The SMILES string of the molecule is OCCOc1ccccc1.c1ccccc1. The number of ether oxygens (including phenoxy) is 1.